The van der Waals surface area contributed by atoms with Gasteiger partial charge in [-0.3, -0.25) is 9.36 Å². The Balaban J connectivity index is 1.72. The van der Waals surface area contributed by atoms with Crippen LogP contribution in [0.1, 0.15) is 5.69 Å². The van der Waals surface area contributed by atoms with E-state index in [-0.39, 0.29) is 11.1 Å². The fraction of sp³-hybridized carbons (Fsp3) is 0.0909. The summed E-state index contributed by atoms with van der Waals surface area (Å²) in [5.74, 6) is 0.760. The van der Waals surface area contributed by atoms with Gasteiger partial charge in [0.2, 0.25) is 0 Å². The minimum absolute atomic E-state index is 0.190. The fourth-order valence-electron chi connectivity index (χ4n) is 3.63. The zero-order valence-corrected chi connectivity index (χ0v) is 18.0. The maximum absolute atomic E-state index is 13.1. The Kier molecular flexibility index (Phi) is 4.64. The first kappa shape index (κ1) is 19.5. The normalized spacial score (nSPS) is 11.4. The molecular formula is C22H15Cl2N5O2. The third-order valence-corrected chi connectivity index (χ3v) is 5.50. The molecule has 5 aromatic rings. The van der Waals surface area contributed by atoms with E-state index in [0.717, 1.165) is 22.6 Å². The molecule has 7 nitrogen and oxygen atoms in total. The van der Waals surface area contributed by atoms with Crippen molar-refractivity contribution in [1.82, 2.24) is 24.4 Å². The van der Waals surface area contributed by atoms with Crippen LogP contribution in [-0.2, 0) is 0 Å². The van der Waals surface area contributed by atoms with Crippen molar-refractivity contribution < 1.29 is 4.74 Å². The second-order valence-electron chi connectivity index (χ2n) is 6.98. The molecule has 9 heteroatoms. The average Bonchev–Trinajstić information content (AvgIpc) is 3.09. The van der Waals surface area contributed by atoms with Crippen molar-refractivity contribution in [2.45, 2.75) is 6.92 Å². The Bertz CT molecular complexity index is 1500. The average molecular weight is 452 g/mol. The first-order valence-corrected chi connectivity index (χ1v) is 10.1. The maximum atomic E-state index is 13.1. The summed E-state index contributed by atoms with van der Waals surface area (Å²) < 4.78 is 8.31. The van der Waals surface area contributed by atoms with Gasteiger partial charge in [-0.15, -0.1) is 10.2 Å². The van der Waals surface area contributed by atoms with E-state index in [0.29, 0.717) is 26.9 Å². The number of hydrogen-bond donors (Lipinski definition) is 0. The number of fused-ring (bicyclic) bond motifs is 3. The highest BCUT2D eigenvalue weighted by molar-refractivity contribution is 6.34. The van der Waals surface area contributed by atoms with Crippen LogP contribution in [0.3, 0.4) is 0 Å². The highest BCUT2D eigenvalue weighted by Gasteiger charge is 2.18. The summed E-state index contributed by atoms with van der Waals surface area (Å²) in [5, 5.41) is 14.1. The van der Waals surface area contributed by atoms with Crippen molar-refractivity contribution in [2.75, 3.05) is 7.11 Å². The van der Waals surface area contributed by atoms with Crippen molar-refractivity contribution in [3.8, 4) is 22.6 Å². The lowest BCUT2D eigenvalue weighted by molar-refractivity contribution is 0.415. The summed E-state index contributed by atoms with van der Waals surface area (Å²) in [6, 6.07) is 14.3. The molecule has 3 aromatic heterocycles. The van der Waals surface area contributed by atoms with Crippen LogP contribution in [0.25, 0.3) is 33.5 Å². The monoisotopic (exact) mass is 451 g/mol. The van der Waals surface area contributed by atoms with Gasteiger partial charge in [0, 0.05) is 16.2 Å². The second-order valence-corrected chi connectivity index (χ2v) is 7.85. The van der Waals surface area contributed by atoms with E-state index < -0.39 is 0 Å². The molecule has 0 bridgehead atoms. The standard InChI is InChI=1S/C22H15Cl2N5O2/c1-12-19(13-3-5-17(31-2)6-4-13)21-26-25-20-18(29(21)27-12)7-8-28(22(20)30)16-10-14(23)9-15(24)11-16/h3-11H,1-2H3. The molecule has 31 heavy (non-hydrogen) atoms. The molecule has 0 fully saturated rings. The SMILES string of the molecule is COc1ccc(-c2c(C)nn3c2nnc2c(=O)n(-c4cc(Cl)cc(Cl)c4)ccc23)cc1. The number of aryl methyl sites for hydroxylation is 1. The van der Waals surface area contributed by atoms with Gasteiger partial charge in [0.15, 0.2) is 11.2 Å². The molecule has 0 aliphatic carbocycles. The summed E-state index contributed by atoms with van der Waals surface area (Å²) in [5.41, 5.74) is 4.07. The lowest BCUT2D eigenvalue weighted by atomic mass is 10.1. The van der Waals surface area contributed by atoms with Crippen molar-refractivity contribution in [3.63, 3.8) is 0 Å². The van der Waals surface area contributed by atoms with Crippen LogP contribution < -0.4 is 10.3 Å². The quantitative estimate of drug-likeness (QED) is 0.396. The van der Waals surface area contributed by atoms with Gasteiger partial charge in [-0.2, -0.15) is 5.10 Å². The molecule has 154 valence electrons. The van der Waals surface area contributed by atoms with E-state index in [9.17, 15) is 4.79 Å². The maximum Gasteiger partial charge on any atom is 0.285 e. The number of pyridine rings is 1. The summed E-state index contributed by atoms with van der Waals surface area (Å²) in [6.45, 7) is 1.90. The lowest BCUT2D eigenvalue weighted by Crippen LogP contribution is -2.20. The zero-order valence-electron chi connectivity index (χ0n) is 16.5. The van der Waals surface area contributed by atoms with Crippen molar-refractivity contribution >= 4 is 39.9 Å². The van der Waals surface area contributed by atoms with Gasteiger partial charge in [0.05, 0.1) is 24.1 Å². The molecule has 0 saturated carbocycles. The Morgan fingerprint density at radius 3 is 2.35 bits per heavy atom. The van der Waals surface area contributed by atoms with E-state index in [1.54, 1.807) is 42.1 Å². The number of ether oxygens (including phenoxy) is 1. The fourth-order valence-corrected chi connectivity index (χ4v) is 4.14. The van der Waals surface area contributed by atoms with Crippen molar-refractivity contribution in [3.05, 3.63) is 80.8 Å². The van der Waals surface area contributed by atoms with Gasteiger partial charge in [0.1, 0.15) is 11.3 Å². The third-order valence-electron chi connectivity index (χ3n) is 5.06. The molecule has 5 rings (SSSR count). The second kappa shape index (κ2) is 7.37. The first-order chi connectivity index (χ1) is 15.0. The van der Waals surface area contributed by atoms with Crippen molar-refractivity contribution in [2.24, 2.45) is 0 Å². The number of nitrogens with zero attached hydrogens (tertiary/aromatic N) is 5. The largest absolute Gasteiger partial charge is 0.497 e. The molecule has 0 spiro atoms. The molecule has 0 atom stereocenters. The van der Waals surface area contributed by atoms with Gasteiger partial charge in [-0.1, -0.05) is 35.3 Å². The van der Waals surface area contributed by atoms with E-state index in [2.05, 4.69) is 15.3 Å². The molecule has 0 radical (unpaired) electrons. The van der Waals surface area contributed by atoms with Crippen LogP contribution in [0.15, 0.2) is 59.5 Å². The zero-order chi connectivity index (χ0) is 21.7. The third kappa shape index (κ3) is 3.22. The number of benzene rings is 2. The van der Waals surface area contributed by atoms with E-state index in [1.165, 1.54) is 4.57 Å². The number of methoxy groups -OCH3 is 1. The summed E-state index contributed by atoms with van der Waals surface area (Å²) in [6.07, 6.45) is 1.65. The van der Waals surface area contributed by atoms with Crippen LogP contribution in [0, 0.1) is 6.92 Å². The molecule has 0 aliphatic heterocycles. The van der Waals surface area contributed by atoms with Crippen LogP contribution in [-0.4, -0.2) is 31.5 Å². The molecule has 0 unspecified atom stereocenters. The molecule has 0 aliphatic rings. The molecule has 0 N–H and O–H groups in total. The van der Waals surface area contributed by atoms with Gasteiger partial charge in [-0.05, 0) is 48.9 Å². The van der Waals surface area contributed by atoms with Crippen LogP contribution in [0.5, 0.6) is 5.75 Å². The highest BCUT2D eigenvalue weighted by atomic mass is 35.5. The smallest absolute Gasteiger partial charge is 0.285 e. The highest BCUT2D eigenvalue weighted by Crippen LogP contribution is 2.29. The minimum atomic E-state index is -0.343. The molecular weight excluding hydrogens is 437 g/mol. The molecule has 0 saturated heterocycles. The van der Waals surface area contributed by atoms with Crippen molar-refractivity contribution in [1.29, 1.82) is 0 Å². The van der Waals surface area contributed by atoms with Crippen LogP contribution in [0.4, 0.5) is 0 Å². The summed E-state index contributed by atoms with van der Waals surface area (Å²) >= 11 is 12.2. The number of aromatic nitrogens is 5. The summed E-state index contributed by atoms with van der Waals surface area (Å²) in [7, 11) is 1.62. The lowest BCUT2D eigenvalue weighted by Gasteiger charge is -2.08. The van der Waals surface area contributed by atoms with E-state index in [4.69, 9.17) is 27.9 Å². The molecule has 3 heterocycles. The van der Waals surface area contributed by atoms with E-state index >= 15 is 0 Å². The van der Waals surface area contributed by atoms with Gasteiger partial charge in [0.25, 0.3) is 5.56 Å². The topological polar surface area (TPSA) is 74.3 Å². The van der Waals surface area contributed by atoms with Crippen LogP contribution >= 0.6 is 23.2 Å². The first-order valence-electron chi connectivity index (χ1n) is 9.34. The number of halogens is 2. The molecule has 2 aromatic carbocycles. The van der Waals surface area contributed by atoms with Gasteiger partial charge in [-0.25, -0.2) is 4.52 Å². The summed E-state index contributed by atoms with van der Waals surface area (Å²) in [4.78, 5) is 13.1. The predicted molar refractivity (Wildman–Crippen MR) is 121 cm³/mol. The Hall–Kier alpha value is -3.42. The Labute approximate surface area is 186 Å². The minimum Gasteiger partial charge on any atom is -0.497 e. The van der Waals surface area contributed by atoms with E-state index in [1.807, 2.05) is 31.2 Å². The predicted octanol–water partition coefficient (Wildman–Crippen LogP) is 4.72. The van der Waals surface area contributed by atoms with Gasteiger partial charge >= 0.3 is 0 Å². The van der Waals surface area contributed by atoms with Crippen LogP contribution in [0.2, 0.25) is 10.0 Å². The Morgan fingerprint density at radius 2 is 1.68 bits per heavy atom. The number of hydrogen-bond acceptors (Lipinski definition) is 5. The Morgan fingerprint density at radius 1 is 0.968 bits per heavy atom. The van der Waals surface area contributed by atoms with Gasteiger partial charge < -0.3 is 4.74 Å². The number of rotatable bonds is 3. The molecule has 0 amide bonds.